The van der Waals surface area contributed by atoms with Gasteiger partial charge in [0.05, 0.1) is 18.5 Å². The normalized spacial score (nSPS) is 18.2. The minimum absolute atomic E-state index is 0.363. The van der Waals surface area contributed by atoms with Crippen LogP contribution in [0.3, 0.4) is 0 Å². The van der Waals surface area contributed by atoms with E-state index >= 15 is 0 Å². The van der Waals surface area contributed by atoms with Crippen LogP contribution in [0.4, 0.5) is 0 Å². The Morgan fingerprint density at radius 2 is 1.90 bits per heavy atom. The molecule has 1 aliphatic carbocycles. The number of rotatable bonds is 6. The van der Waals surface area contributed by atoms with Crippen molar-refractivity contribution in [2.75, 3.05) is 7.11 Å². The number of benzene rings is 2. The quantitative estimate of drug-likeness (QED) is 0.429. The van der Waals surface area contributed by atoms with Crippen LogP contribution in [0.25, 0.3) is 16.6 Å². The van der Waals surface area contributed by atoms with Crippen molar-refractivity contribution in [1.29, 1.82) is 0 Å². The zero-order valence-corrected chi connectivity index (χ0v) is 18.2. The van der Waals surface area contributed by atoms with Gasteiger partial charge in [0.1, 0.15) is 5.75 Å². The summed E-state index contributed by atoms with van der Waals surface area (Å²) in [6.45, 7) is 5.14. The highest BCUT2D eigenvalue weighted by Gasteiger charge is 2.26. The Labute approximate surface area is 182 Å². The summed E-state index contributed by atoms with van der Waals surface area (Å²) >= 11 is 0. The molecule has 2 heterocycles. The summed E-state index contributed by atoms with van der Waals surface area (Å²) in [5.41, 5.74) is 7.20. The Balaban J connectivity index is 1.29. The van der Waals surface area contributed by atoms with E-state index < -0.39 is 0 Å². The van der Waals surface area contributed by atoms with Crippen LogP contribution in [0.15, 0.2) is 66.9 Å². The van der Waals surface area contributed by atoms with Gasteiger partial charge in [0.25, 0.3) is 0 Å². The first-order valence-electron chi connectivity index (χ1n) is 10.8. The molecule has 158 valence electrons. The smallest absolute Gasteiger partial charge is 0.119 e. The van der Waals surface area contributed by atoms with Crippen LogP contribution in [-0.2, 0) is 6.54 Å². The predicted octanol–water partition coefficient (Wildman–Crippen LogP) is 5.18. The van der Waals surface area contributed by atoms with Gasteiger partial charge in [0, 0.05) is 46.9 Å². The maximum atomic E-state index is 5.28. The molecule has 2 N–H and O–H groups in total. The summed E-state index contributed by atoms with van der Waals surface area (Å²) in [7, 11) is 1.69. The fraction of sp³-hybridized carbons (Fsp3) is 0.269. The van der Waals surface area contributed by atoms with Gasteiger partial charge in [-0.2, -0.15) is 5.10 Å². The third kappa shape index (κ3) is 3.66. The number of hydrogen-bond acceptors (Lipinski definition) is 3. The lowest BCUT2D eigenvalue weighted by Crippen LogP contribution is -2.25. The van der Waals surface area contributed by atoms with Crippen LogP contribution in [0, 0.1) is 13.8 Å². The first-order chi connectivity index (χ1) is 15.1. The molecule has 1 aliphatic rings. The molecule has 0 unspecified atom stereocenters. The van der Waals surface area contributed by atoms with E-state index in [1.54, 1.807) is 7.11 Å². The molecule has 0 bridgehead atoms. The first-order valence-corrected chi connectivity index (χ1v) is 10.8. The number of para-hydroxylation sites is 1. The van der Waals surface area contributed by atoms with Gasteiger partial charge < -0.3 is 15.0 Å². The number of aryl methyl sites for hydroxylation is 1. The van der Waals surface area contributed by atoms with Gasteiger partial charge in [0.15, 0.2) is 0 Å². The molecule has 4 aromatic rings. The summed E-state index contributed by atoms with van der Waals surface area (Å²) in [4.78, 5) is 3.36. The molecule has 2 aromatic heterocycles. The highest BCUT2D eigenvalue weighted by Crippen LogP contribution is 2.34. The molecule has 0 aliphatic heterocycles. The van der Waals surface area contributed by atoms with E-state index in [0.717, 1.165) is 30.1 Å². The number of aromatic amines is 1. The van der Waals surface area contributed by atoms with Crippen molar-refractivity contribution in [3.05, 3.63) is 89.4 Å². The topological polar surface area (TPSA) is 54.9 Å². The van der Waals surface area contributed by atoms with E-state index in [-0.39, 0.29) is 0 Å². The van der Waals surface area contributed by atoms with Crippen molar-refractivity contribution >= 4 is 10.9 Å². The molecule has 31 heavy (non-hydrogen) atoms. The molecule has 0 amide bonds. The molecular formula is C26H28N4O. The van der Waals surface area contributed by atoms with Crippen LogP contribution in [0.5, 0.6) is 5.75 Å². The number of fused-ring (bicyclic) bond motifs is 1. The molecule has 5 nitrogen and oxygen atoms in total. The van der Waals surface area contributed by atoms with Gasteiger partial charge in [-0.25, -0.2) is 4.68 Å². The average molecular weight is 413 g/mol. The number of H-pyrrole nitrogens is 1. The number of nitrogens with zero attached hydrogens (tertiary/aromatic N) is 2. The molecule has 2 atom stereocenters. The number of allylic oxidation sites excluding steroid dienone is 1. The van der Waals surface area contributed by atoms with E-state index in [1.807, 2.05) is 16.8 Å². The number of methoxy groups -OCH3 is 1. The van der Waals surface area contributed by atoms with Crippen molar-refractivity contribution in [3.63, 3.8) is 0 Å². The second-order valence-electron chi connectivity index (χ2n) is 8.27. The summed E-state index contributed by atoms with van der Waals surface area (Å²) in [5.74, 6) is 1.24. The molecule has 5 rings (SSSR count). The Hall–Kier alpha value is -3.31. The van der Waals surface area contributed by atoms with Crippen molar-refractivity contribution in [2.24, 2.45) is 0 Å². The highest BCUT2D eigenvalue weighted by molar-refractivity contribution is 5.82. The zero-order chi connectivity index (χ0) is 21.4. The van der Waals surface area contributed by atoms with Crippen LogP contribution in [-0.4, -0.2) is 27.9 Å². The minimum atomic E-state index is 0.363. The summed E-state index contributed by atoms with van der Waals surface area (Å²) in [6, 6.07) is 16.9. The first kappa shape index (κ1) is 19.6. The number of nitrogens with one attached hydrogen (secondary N) is 2. The van der Waals surface area contributed by atoms with E-state index in [0.29, 0.717) is 12.0 Å². The Bertz CT molecular complexity index is 1230. The zero-order valence-electron chi connectivity index (χ0n) is 18.2. The fourth-order valence-corrected chi connectivity index (χ4v) is 4.75. The van der Waals surface area contributed by atoms with Gasteiger partial charge in [-0.15, -0.1) is 0 Å². The van der Waals surface area contributed by atoms with Gasteiger partial charge in [-0.3, -0.25) is 0 Å². The van der Waals surface area contributed by atoms with Crippen LogP contribution < -0.4 is 10.1 Å². The Kier molecular flexibility index (Phi) is 5.12. The van der Waals surface area contributed by atoms with E-state index in [1.165, 1.54) is 27.7 Å². The molecule has 0 fully saturated rings. The standard InChI is InChI=1S/C26H28N4O/c1-17-26(18(2)30(29-17)22-10-12-23(31-3)13-11-22)19-8-9-21(14-19)27-15-20-16-28-25-7-5-4-6-24(20)25/h4-13,16,19,21,27-28H,14-15H2,1-3H3/t19-,21-/m1/s1. The van der Waals surface area contributed by atoms with Gasteiger partial charge in [-0.05, 0) is 56.2 Å². The average Bonchev–Trinajstić information content (AvgIpc) is 3.50. The van der Waals surface area contributed by atoms with E-state index in [9.17, 15) is 0 Å². The van der Waals surface area contributed by atoms with Gasteiger partial charge in [-0.1, -0.05) is 30.4 Å². The van der Waals surface area contributed by atoms with Crippen molar-refractivity contribution in [2.45, 2.75) is 38.8 Å². The van der Waals surface area contributed by atoms with Crippen molar-refractivity contribution in [3.8, 4) is 11.4 Å². The van der Waals surface area contributed by atoms with Crippen LogP contribution in [0.1, 0.15) is 34.9 Å². The third-order valence-corrected chi connectivity index (χ3v) is 6.35. The largest absolute Gasteiger partial charge is 0.497 e. The summed E-state index contributed by atoms with van der Waals surface area (Å²) < 4.78 is 7.33. The third-order valence-electron chi connectivity index (χ3n) is 6.35. The highest BCUT2D eigenvalue weighted by atomic mass is 16.5. The second kappa shape index (κ2) is 8.08. The fourth-order valence-electron chi connectivity index (χ4n) is 4.75. The Morgan fingerprint density at radius 1 is 1.10 bits per heavy atom. The van der Waals surface area contributed by atoms with E-state index in [4.69, 9.17) is 9.84 Å². The predicted molar refractivity (Wildman–Crippen MR) is 125 cm³/mol. The Morgan fingerprint density at radius 3 is 2.71 bits per heavy atom. The lowest BCUT2D eigenvalue weighted by atomic mass is 9.96. The molecule has 2 aromatic carbocycles. The molecule has 0 radical (unpaired) electrons. The molecule has 0 spiro atoms. The lowest BCUT2D eigenvalue weighted by molar-refractivity contribution is 0.414. The van der Waals surface area contributed by atoms with Crippen molar-refractivity contribution in [1.82, 2.24) is 20.1 Å². The number of hydrogen-bond donors (Lipinski definition) is 2. The second-order valence-corrected chi connectivity index (χ2v) is 8.27. The SMILES string of the molecule is COc1ccc(-n2nc(C)c([C@@H]3C=C[C@@H](NCc4c[nH]c5ccccc45)C3)c2C)cc1. The molecule has 5 heteroatoms. The van der Waals surface area contributed by atoms with Gasteiger partial charge >= 0.3 is 0 Å². The van der Waals surface area contributed by atoms with Crippen LogP contribution >= 0.6 is 0 Å². The minimum Gasteiger partial charge on any atom is -0.497 e. The molecule has 0 saturated heterocycles. The lowest BCUT2D eigenvalue weighted by Gasteiger charge is -2.15. The maximum absolute atomic E-state index is 5.28. The van der Waals surface area contributed by atoms with Crippen LogP contribution in [0.2, 0.25) is 0 Å². The monoisotopic (exact) mass is 412 g/mol. The number of aromatic nitrogens is 3. The maximum Gasteiger partial charge on any atom is 0.119 e. The van der Waals surface area contributed by atoms with E-state index in [2.05, 4.69) is 78.9 Å². The number of ether oxygens (including phenoxy) is 1. The van der Waals surface area contributed by atoms with Gasteiger partial charge in [0.2, 0.25) is 0 Å². The summed E-state index contributed by atoms with van der Waals surface area (Å²) in [6.07, 6.45) is 7.81. The molecular weight excluding hydrogens is 384 g/mol. The van der Waals surface area contributed by atoms with Crippen molar-refractivity contribution < 1.29 is 4.74 Å². The molecule has 0 saturated carbocycles. The summed E-state index contributed by atoms with van der Waals surface area (Å²) in [5, 5.41) is 9.85.